The third-order valence-electron chi connectivity index (χ3n) is 3.55. The molecule has 0 saturated carbocycles. The van der Waals surface area contributed by atoms with E-state index in [1.54, 1.807) is 25.7 Å². The largest absolute Gasteiger partial charge is 0.378 e. The van der Waals surface area contributed by atoms with Gasteiger partial charge >= 0.3 is 0 Å². The summed E-state index contributed by atoms with van der Waals surface area (Å²) in [5.41, 5.74) is 1.49. The van der Waals surface area contributed by atoms with Crippen LogP contribution in [0.3, 0.4) is 0 Å². The molecule has 3 heterocycles. The maximum Gasteiger partial charge on any atom is 0.182 e. The van der Waals surface area contributed by atoms with Gasteiger partial charge in [-0.2, -0.15) is 0 Å². The number of hydrogen-bond donors (Lipinski definition) is 2. The first-order valence-corrected chi connectivity index (χ1v) is 7.45. The second-order valence-electron chi connectivity index (χ2n) is 5.26. The van der Waals surface area contributed by atoms with Gasteiger partial charge in [-0.25, -0.2) is 15.0 Å². The van der Waals surface area contributed by atoms with Gasteiger partial charge in [0.05, 0.1) is 18.5 Å². The number of piperidine rings is 1. The summed E-state index contributed by atoms with van der Waals surface area (Å²) in [7, 11) is 1.66. The standard InChI is InChI=1S/C15H20N6O/c1-22-10-12-8-14(19-11-2-4-16-5-3-11)21-15(20-12)13-9-17-6-7-18-13/h6-9,11,16H,2-5,10H2,1H3,(H,19,20,21). The van der Waals surface area contributed by atoms with Gasteiger partial charge in [0, 0.05) is 31.6 Å². The van der Waals surface area contributed by atoms with Crippen molar-refractivity contribution in [3.05, 3.63) is 30.4 Å². The molecule has 0 radical (unpaired) electrons. The van der Waals surface area contributed by atoms with Crippen molar-refractivity contribution in [2.45, 2.75) is 25.5 Å². The number of aromatic nitrogens is 4. The molecule has 1 aliphatic heterocycles. The summed E-state index contributed by atoms with van der Waals surface area (Å²) in [5, 5.41) is 6.85. The van der Waals surface area contributed by atoms with Gasteiger partial charge in [0.15, 0.2) is 5.82 Å². The molecule has 0 atom stereocenters. The molecule has 1 saturated heterocycles. The highest BCUT2D eigenvalue weighted by Gasteiger charge is 2.15. The number of hydrogen-bond acceptors (Lipinski definition) is 7. The van der Waals surface area contributed by atoms with E-state index in [2.05, 4.69) is 30.6 Å². The summed E-state index contributed by atoms with van der Waals surface area (Å²) >= 11 is 0. The Balaban J connectivity index is 1.86. The summed E-state index contributed by atoms with van der Waals surface area (Å²) in [6.45, 7) is 2.51. The number of rotatable bonds is 5. The van der Waals surface area contributed by atoms with Crippen molar-refractivity contribution < 1.29 is 4.74 Å². The van der Waals surface area contributed by atoms with Gasteiger partial charge in [-0.3, -0.25) is 4.98 Å². The highest BCUT2D eigenvalue weighted by atomic mass is 16.5. The predicted octanol–water partition coefficient (Wildman–Crippen LogP) is 1.24. The highest BCUT2D eigenvalue weighted by molar-refractivity contribution is 5.52. The fourth-order valence-electron chi connectivity index (χ4n) is 2.50. The number of methoxy groups -OCH3 is 1. The lowest BCUT2D eigenvalue weighted by Crippen LogP contribution is -2.35. The van der Waals surface area contributed by atoms with Crippen LogP contribution >= 0.6 is 0 Å². The molecular weight excluding hydrogens is 280 g/mol. The SMILES string of the molecule is COCc1cc(NC2CCNCC2)nc(-c2cnccn2)n1. The molecule has 7 nitrogen and oxygen atoms in total. The Hall–Kier alpha value is -2.12. The molecule has 1 fully saturated rings. The van der Waals surface area contributed by atoms with E-state index < -0.39 is 0 Å². The summed E-state index contributed by atoms with van der Waals surface area (Å²) < 4.78 is 5.20. The minimum atomic E-state index is 0.432. The molecule has 0 amide bonds. The van der Waals surface area contributed by atoms with Crippen LogP contribution in [0.2, 0.25) is 0 Å². The third-order valence-corrected chi connectivity index (χ3v) is 3.55. The van der Waals surface area contributed by atoms with Gasteiger partial charge in [0.1, 0.15) is 11.5 Å². The summed E-state index contributed by atoms with van der Waals surface area (Å²) in [6.07, 6.45) is 7.12. The van der Waals surface area contributed by atoms with Crippen molar-refractivity contribution in [2.24, 2.45) is 0 Å². The van der Waals surface area contributed by atoms with Crippen LogP contribution in [0.1, 0.15) is 18.5 Å². The quantitative estimate of drug-likeness (QED) is 0.859. The van der Waals surface area contributed by atoms with Crippen molar-refractivity contribution in [2.75, 3.05) is 25.5 Å². The smallest absolute Gasteiger partial charge is 0.182 e. The molecule has 2 aromatic heterocycles. The van der Waals surface area contributed by atoms with E-state index in [-0.39, 0.29) is 0 Å². The van der Waals surface area contributed by atoms with Crippen LogP contribution in [0.15, 0.2) is 24.7 Å². The number of nitrogens with one attached hydrogen (secondary N) is 2. The van der Waals surface area contributed by atoms with Gasteiger partial charge in [-0.1, -0.05) is 0 Å². The van der Waals surface area contributed by atoms with Crippen LogP contribution in [0.4, 0.5) is 5.82 Å². The molecule has 22 heavy (non-hydrogen) atoms. The molecule has 7 heteroatoms. The number of ether oxygens (including phenoxy) is 1. The summed E-state index contributed by atoms with van der Waals surface area (Å²) in [4.78, 5) is 17.4. The Morgan fingerprint density at radius 2 is 2.14 bits per heavy atom. The van der Waals surface area contributed by atoms with Gasteiger partial charge in [-0.15, -0.1) is 0 Å². The lowest BCUT2D eigenvalue weighted by atomic mass is 10.1. The molecule has 116 valence electrons. The Bertz CT molecular complexity index is 600. The average molecular weight is 300 g/mol. The molecule has 0 aliphatic carbocycles. The fourth-order valence-corrected chi connectivity index (χ4v) is 2.50. The van der Waals surface area contributed by atoms with E-state index in [9.17, 15) is 0 Å². The first kappa shape index (κ1) is 14.8. The van der Waals surface area contributed by atoms with E-state index in [1.807, 2.05) is 6.07 Å². The zero-order valence-corrected chi connectivity index (χ0v) is 12.6. The van der Waals surface area contributed by atoms with Gasteiger partial charge in [0.25, 0.3) is 0 Å². The van der Waals surface area contributed by atoms with E-state index in [4.69, 9.17) is 4.74 Å². The third kappa shape index (κ3) is 3.75. The van der Waals surface area contributed by atoms with Crippen molar-refractivity contribution >= 4 is 5.82 Å². The van der Waals surface area contributed by atoms with Crippen LogP contribution in [0.5, 0.6) is 0 Å². The molecule has 3 rings (SSSR count). The van der Waals surface area contributed by atoms with Crippen LogP contribution in [-0.2, 0) is 11.3 Å². The fraction of sp³-hybridized carbons (Fsp3) is 0.467. The van der Waals surface area contributed by atoms with Crippen molar-refractivity contribution in [3.63, 3.8) is 0 Å². The first-order chi connectivity index (χ1) is 10.8. The average Bonchev–Trinajstić information content (AvgIpc) is 2.57. The maximum atomic E-state index is 5.20. The zero-order chi connectivity index (χ0) is 15.2. The van der Waals surface area contributed by atoms with Gasteiger partial charge in [-0.05, 0) is 25.9 Å². The molecule has 0 aromatic carbocycles. The van der Waals surface area contributed by atoms with E-state index in [0.717, 1.165) is 37.4 Å². The second kappa shape index (κ2) is 7.24. The number of nitrogens with zero attached hydrogens (tertiary/aromatic N) is 4. The zero-order valence-electron chi connectivity index (χ0n) is 12.6. The Kier molecular flexibility index (Phi) is 4.87. The molecule has 0 bridgehead atoms. The highest BCUT2D eigenvalue weighted by Crippen LogP contribution is 2.18. The maximum absolute atomic E-state index is 5.20. The lowest BCUT2D eigenvalue weighted by molar-refractivity contribution is 0.181. The summed E-state index contributed by atoms with van der Waals surface area (Å²) in [5.74, 6) is 1.38. The Labute approximate surface area is 129 Å². The molecule has 2 N–H and O–H groups in total. The Morgan fingerprint density at radius 1 is 1.27 bits per heavy atom. The van der Waals surface area contributed by atoms with Gasteiger partial charge < -0.3 is 15.4 Å². The van der Waals surface area contributed by atoms with Crippen molar-refractivity contribution in [1.29, 1.82) is 0 Å². The summed E-state index contributed by atoms with van der Waals surface area (Å²) in [6, 6.07) is 2.37. The minimum absolute atomic E-state index is 0.432. The topological polar surface area (TPSA) is 84.9 Å². The number of anilines is 1. The van der Waals surface area contributed by atoms with Crippen molar-refractivity contribution in [1.82, 2.24) is 25.3 Å². The van der Waals surface area contributed by atoms with E-state index >= 15 is 0 Å². The second-order valence-corrected chi connectivity index (χ2v) is 5.26. The predicted molar refractivity (Wildman–Crippen MR) is 83.3 cm³/mol. The Morgan fingerprint density at radius 3 is 2.86 bits per heavy atom. The van der Waals surface area contributed by atoms with E-state index in [1.165, 1.54) is 0 Å². The molecule has 0 unspecified atom stereocenters. The van der Waals surface area contributed by atoms with E-state index in [0.29, 0.717) is 24.2 Å². The molecule has 0 spiro atoms. The van der Waals surface area contributed by atoms with Crippen molar-refractivity contribution in [3.8, 4) is 11.5 Å². The lowest BCUT2D eigenvalue weighted by Gasteiger charge is -2.24. The first-order valence-electron chi connectivity index (χ1n) is 7.45. The minimum Gasteiger partial charge on any atom is -0.378 e. The monoisotopic (exact) mass is 300 g/mol. The van der Waals surface area contributed by atoms with Crippen LogP contribution in [0.25, 0.3) is 11.5 Å². The molecule has 2 aromatic rings. The van der Waals surface area contributed by atoms with Crippen LogP contribution in [0, 0.1) is 0 Å². The van der Waals surface area contributed by atoms with Crippen LogP contribution < -0.4 is 10.6 Å². The van der Waals surface area contributed by atoms with Crippen LogP contribution in [-0.4, -0.2) is 46.2 Å². The molecular formula is C15H20N6O. The molecule has 1 aliphatic rings. The van der Waals surface area contributed by atoms with Gasteiger partial charge in [0.2, 0.25) is 0 Å². The normalized spacial score (nSPS) is 15.7.